The second-order valence-corrected chi connectivity index (χ2v) is 4.58. The number of hydrogen-bond acceptors (Lipinski definition) is 4. The van der Waals surface area contributed by atoms with Gasteiger partial charge in [0.1, 0.15) is 0 Å². The van der Waals surface area contributed by atoms with E-state index in [1.165, 1.54) is 0 Å². The van der Waals surface area contributed by atoms with E-state index in [1.54, 1.807) is 0 Å². The lowest BCUT2D eigenvalue weighted by atomic mass is 10.0. The molecular weight excluding hydrogens is 242 g/mol. The number of benzene rings is 1. The minimum absolute atomic E-state index is 0.0789. The number of carbonyl (C=O) groups is 1. The first-order valence-electron chi connectivity index (χ1n) is 6.32. The molecule has 1 aromatic carbocycles. The number of anilines is 1. The molecule has 1 amide bonds. The highest BCUT2D eigenvalue weighted by Gasteiger charge is 2.16. The van der Waals surface area contributed by atoms with Gasteiger partial charge in [0.05, 0.1) is 0 Å². The van der Waals surface area contributed by atoms with Crippen LogP contribution in [-0.2, 0) is 4.79 Å². The molecule has 0 aliphatic carbocycles. The number of carbonyl (C=O) groups excluding carboxylic acids is 1. The summed E-state index contributed by atoms with van der Waals surface area (Å²) in [6.07, 6.45) is 1.25. The third-order valence-electron chi connectivity index (χ3n) is 2.87. The third-order valence-corrected chi connectivity index (χ3v) is 2.87. The predicted molar refractivity (Wildman–Crippen MR) is 72.7 cm³/mol. The molecule has 1 N–H and O–H groups in total. The largest absolute Gasteiger partial charge is 0.306 e. The number of nitrogens with zero attached hydrogens (tertiary/aromatic N) is 2. The van der Waals surface area contributed by atoms with Gasteiger partial charge in [-0.15, -0.1) is 0 Å². The molecule has 19 heavy (non-hydrogen) atoms. The monoisotopic (exact) mass is 259 g/mol. The summed E-state index contributed by atoms with van der Waals surface area (Å²) in [5.41, 5.74) is 3.68. The van der Waals surface area contributed by atoms with Crippen molar-refractivity contribution in [2.24, 2.45) is 0 Å². The highest BCUT2D eigenvalue weighted by Crippen LogP contribution is 2.28. The Balaban J connectivity index is 2.33. The zero-order valence-corrected chi connectivity index (χ0v) is 11.4. The van der Waals surface area contributed by atoms with Crippen LogP contribution in [0.25, 0.3) is 11.3 Å². The average molecular weight is 259 g/mol. The molecule has 5 nitrogen and oxygen atoms in total. The number of aryl methyl sites for hydroxylation is 2. The highest BCUT2D eigenvalue weighted by atomic mass is 16.6. The maximum Gasteiger partial charge on any atom is 0.225 e. The van der Waals surface area contributed by atoms with Crippen molar-refractivity contribution >= 4 is 11.7 Å². The lowest BCUT2D eigenvalue weighted by molar-refractivity contribution is -0.116. The number of nitrogens with one attached hydrogen (secondary N) is 1. The van der Waals surface area contributed by atoms with Gasteiger partial charge in [0, 0.05) is 12.0 Å². The molecule has 100 valence electrons. The molecular formula is C14H17N3O2. The fourth-order valence-corrected chi connectivity index (χ4v) is 1.86. The van der Waals surface area contributed by atoms with E-state index in [0.29, 0.717) is 17.9 Å². The molecule has 0 unspecified atom stereocenters. The Labute approximate surface area is 112 Å². The predicted octanol–water partition coefficient (Wildman–Crippen LogP) is 3.09. The molecule has 1 heterocycles. The van der Waals surface area contributed by atoms with Crippen LogP contribution in [0.3, 0.4) is 0 Å². The van der Waals surface area contributed by atoms with Gasteiger partial charge in [0.25, 0.3) is 0 Å². The normalized spacial score (nSPS) is 10.5. The van der Waals surface area contributed by atoms with Crippen LogP contribution in [0.1, 0.15) is 30.9 Å². The molecule has 0 spiro atoms. The summed E-state index contributed by atoms with van der Waals surface area (Å²) < 4.78 is 4.76. The van der Waals surface area contributed by atoms with Crippen LogP contribution in [0.2, 0.25) is 0 Å². The summed E-state index contributed by atoms with van der Waals surface area (Å²) in [5, 5.41) is 10.4. The van der Waals surface area contributed by atoms with Gasteiger partial charge in [0.15, 0.2) is 5.69 Å². The Morgan fingerprint density at radius 1 is 1.32 bits per heavy atom. The molecule has 2 aromatic rings. The summed E-state index contributed by atoms with van der Waals surface area (Å²) in [5.74, 6) is 0.303. The van der Waals surface area contributed by atoms with Crippen LogP contribution >= 0.6 is 0 Å². The van der Waals surface area contributed by atoms with Gasteiger partial charge in [-0.05, 0) is 42.2 Å². The average Bonchev–Trinajstić information content (AvgIpc) is 2.80. The molecule has 0 aliphatic rings. The summed E-state index contributed by atoms with van der Waals surface area (Å²) in [4.78, 5) is 11.6. The molecule has 0 aliphatic heterocycles. The molecule has 2 rings (SSSR count). The fourth-order valence-electron chi connectivity index (χ4n) is 1.86. The van der Waals surface area contributed by atoms with Gasteiger partial charge < -0.3 is 5.32 Å². The van der Waals surface area contributed by atoms with Crippen molar-refractivity contribution in [3.8, 4) is 11.3 Å². The van der Waals surface area contributed by atoms with Gasteiger partial charge in [-0.3, -0.25) is 4.79 Å². The van der Waals surface area contributed by atoms with Crippen molar-refractivity contribution in [3.63, 3.8) is 0 Å². The number of rotatable bonds is 4. The molecule has 0 saturated heterocycles. The van der Waals surface area contributed by atoms with E-state index in [9.17, 15) is 4.79 Å². The van der Waals surface area contributed by atoms with Crippen molar-refractivity contribution in [3.05, 3.63) is 29.3 Å². The minimum Gasteiger partial charge on any atom is -0.306 e. The van der Waals surface area contributed by atoms with Gasteiger partial charge in [0.2, 0.25) is 11.7 Å². The van der Waals surface area contributed by atoms with Crippen LogP contribution in [0.15, 0.2) is 22.8 Å². The van der Waals surface area contributed by atoms with Gasteiger partial charge in [-0.2, -0.15) is 0 Å². The van der Waals surface area contributed by atoms with Gasteiger partial charge >= 0.3 is 0 Å². The lowest BCUT2D eigenvalue weighted by Crippen LogP contribution is -2.11. The highest BCUT2D eigenvalue weighted by molar-refractivity contribution is 5.93. The Kier molecular flexibility index (Phi) is 3.94. The van der Waals surface area contributed by atoms with Crippen molar-refractivity contribution < 1.29 is 9.42 Å². The van der Waals surface area contributed by atoms with Gasteiger partial charge in [-0.25, -0.2) is 4.63 Å². The minimum atomic E-state index is -0.0789. The van der Waals surface area contributed by atoms with E-state index in [0.717, 1.165) is 23.1 Å². The van der Waals surface area contributed by atoms with Crippen LogP contribution < -0.4 is 5.32 Å². The van der Waals surface area contributed by atoms with Gasteiger partial charge in [-0.1, -0.05) is 24.6 Å². The molecule has 0 fully saturated rings. The van der Waals surface area contributed by atoms with Crippen molar-refractivity contribution in [2.45, 2.75) is 33.6 Å². The zero-order chi connectivity index (χ0) is 13.8. The van der Waals surface area contributed by atoms with E-state index in [2.05, 4.69) is 15.6 Å². The van der Waals surface area contributed by atoms with Crippen LogP contribution in [0, 0.1) is 13.8 Å². The summed E-state index contributed by atoms with van der Waals surface area (Å²) >= 11 is 0. The first kappa shape index (κ1) is 13.3. The third kappa shape index (κ3) is 2.99. The smallest absolute Gasteiger partial charge is 0.225 e. The summed E-state index contributed by atoms with van der Waals surface area (Å²) in [6, 6.07) is 6.04. The Bertz CT molecular complexity index is 590. The first-order chi connectivity index (χ1) is 9.11. The summed E-state index contributed by atoms with van der Waals surface area (Å²) in [6.45, 7) is 5.94. The topological polar surface area (TPSA) is 68.0 Å². The molecule has 0 atom stereocenters. The number of hydrogen-bond donors (Lipinski definition) is 1. The molecule has 0 radical (unpaired) electrons. The molecule has 5 heteroatoms. The molecule has 1 aromatic heterocycles. The SMILES string of the molecule is CCCC(=O)Nc1nonc1-c1cc(C)ccc1C. The molecule has 0 saturated carbocycles. The van der Waals surface area contributed by atoms with Crippen LogP contribution in [-0.4, -0.2) is 16.2 Å². The van der Waals surface area contributed by atoms with Crippen molar-refractivity contribution in [1.82, 2.24) is 10.3 Å². The van der Waals surface area contributed by atoms with E-state index in [-0.39, 0.29) is 5.91 Å². The van der Waals surface area contributed by atoms with E-state index in [1.807, 2.05) is 39.0 Å². The van der Waals surface area contributed by atoms with Crippen LogP contribution in [0.5, 0.6) is 0 Å². The van der Waals surface area contributed by atoms with Crippen molar-refractivity contribution in [1.29, 1.82) is 0 Å². The van der Waals surface area contributed by atoms with E-state index < -0.39 is 0 Å². The first-order valence-corrected chi connectivity index (χ1v) is 6.32. The number of amides is 1. The second-order valence-electron chi connectivity index (χ2n) is 4.58. The van der Waals surface area contributed by atoms with E-state index in [4.69, 9.17) is 4.63 Å². The maximum atomic E-state index is 11.6. The Morgan fingerprint density at radius 2 is 2.11 bits per heavy atom. The maximum absolute atomic E-state index is 11.6. The molecule has 0 bridgehead atoms. The Morgan fingerprint density at radius 3 is 2.84 bits per heavy atom. The van der Waals surface area contributed by atoms with Crippen molar-refractivity contribution in [2.75, 3.05) is 5.32 Å². The lowest BCUT2D eigenvalue weighted by Gasteiger charge is -2.06. The summed E-state index contributed by atoms with van der Waals surface area (Å²) in [7, 11) is 0. The van der Waals surface area contributed by atoms with Crippen LogP contribution in [0.4, 0.5) is 5.82 Å². The number of aromatic nitrogens is 2. The van der Waals surface area contributed by atoms with E-state index >= 15 is 0 Å². The zero-order valence-electron chi connectivity index (χ0n) is 11.4. The standard InChI is InChI=1S/C14H17N3O2/c1-4-5-12(18)15-14-13(16-19-17-14)11-8-9(2)6-7-10(11)3/h6-8H,4-5H2,1-3H3,(H,15,17,18). The Hall–Kier alpha value is -2.17. The quantitative estimate of drug-likeness (QED) is 0.916. The fraction of sp³-hybridized carbons (Fsp3) is 0.357. The second kappa shape index (κ2) is 5.65.